The van der Waals surface area contributed by atoms with Crippen LogP contribution in [0.15, 0.2) is 18.3 Å². The van der Waals surface area contributed by atoms with Crippen LogP contribution in [0.5, 0.6) is 0 Å². The zero-order valence-electron chi connectivity index (χ0n) is 10.8. The molecule has 2 N–H and O–H groups in total. The van der Waals surface area contributed by atoms with Gasteiger partial charge in [-0.05, 0) is 31.4 Å². The maximum Gasteiger partial charge on any atom is 0.405 e. The standard InChI is InChI=1S/C13H18F3N3/c1-2-11(17)12-6-5-10(7-18-12)19(9-3-4-9)8-13(14,15)16/h5-7,9,11H,2-4,8,17H2,1H3. The minimum absolute atomic E-state index is 0.00544. The lowest BCUT2D eigenvalue weighted by Gasteiger charge is -2.25. The van der Waals surface area contributed by atoms with Crippen LogP contribution < -0.4 is 10.6 Å². The van der Waals surface area contributed by atoms with Gasteiger partial charge in [0, 0.05) is 12.1 Å². The number of aromatic nitrogens is 1. The van der Waals surface area contributed by atoms with Gasteiger partial charge in [-0.1, -0.05) is 6.92 Å². The van der Waals surface area contributed by atoms with Gasteiger partial charge in [-0.2, -0.15) is 13.2 Å². The largest absolute Gasteiger partial charge is 0.405 e. The van der Waals surface area contributed by atoms with Crippen molar-refractivity contribution in [2.45, 2.75) is 44.4 Å². The first-order valence-electron chi connectivity index (χ1n) is 6.45. The fourth-order valence-electron chi connectivity index (χ4n) is 2.01. The Balaban J connectivity index is 2.13. The maximum atomic E-state index is 12.6. The van der Waals surface area contributed by atoms with Crippen molar-refractivity contribution in [3.8, 4) is 0 Å². The molecular weight excluding hydrogens is 255 g/mol. The second-order valence-electron chi connectivity index (χ2n) is 4.93. The van der Waals surface area contributed by atoms with Gasteiger partial charge in [0.15, 0.2) is 0 Å². The van der Waals surface area contributed by atoms with E-state index < -0.39 is 12.7 Å². The molecule has 1 aromatic rings. The number of rotatable bonds is 5. The molecular formula is C13H18F3N3. The summed E-state index contributed by atoms with van der Waals surface area (Å²) >= 11 is 0. The summed E-state index contributed by atoms with van der Waals surface area (Å²) in [7, 11) is 0. The number of nitrogens with zero attached hydrogens (tertiary/aromatic N) is 2. The SMILES string of the molecule is CCC(N)c1ccc(N(CC(F)(F)F)C2CC2)cn1. The molecule has 19 heavy (non-hydrogen) atoms. The van der Waals surface area contributed by atoms with E-state index in [0.717, 1.165) is 19.3 Å². The van der Waals surface area contributed by atoms with E-state index in [9.17, 15) is 13.2 Å². The van der Waals surface area contributed by atoms with Gasteiger partial charge in [-0.3, -0.25) is 4.98 Å². The molecule has 106 valence electrons. The van der Waals surface area contributed by atoms with E-state index in [1.807, 2.05) is 6.92 Å². The van der Waals surface area contributed by atoms with Crippen LogP contribution >= 0.6 is 0 Å². The Hall–Kier alpha value is -1.30. The number of anilines is 1. The monoisotopic (exact) mass is 273 g/mol. The highest BCUT2D eigenvalue weighted by molar-refractivity contribution is 5.47. The zero-order chi connectivity index (χ0) is 14.0. The summed E-state index contributed by atoms with van der Waals surface area (Å²) in [6, 6.07) is 3.23. The van der Waals surface area contributed by atoms with Gasteiger partial charge in [0.1, 0.15) is 6.54 Å². The van der Waals surface area contributed by atoms with Crippen molar-refractivity contribution in [3.63, 3.8) is 0 Å². The summed E-state index contributed by atoms with van der Waals surface area (Å²) in [5.74, 6) is 0. The van der Waals surface area contributed by atoms with Crippen LogP contribution in [0, 0.1) is 0 Å². The van der Waals surface area contributed by atoms with Crippen LogP contribution in [0.25, 0.3) is 0 Å². The van der Waals surface area contributed by atoms with Crippen molar-refractivity contribution in [2.75, 3.05) is 11.4 Å². The van der Waals surface area contributed by atoms with Gasteiger partial charge in [0.05, 0.1) is 17.6 Å². The summed E-state index contributed by atoms with van der Waals surface area (Å²) in [6.45, 7) is 1.03. The highest BCUT2D eigenvalue weighted by Gasteiger charge is 2.38. The molecule has 0 aliphatic heterocycles. The Morgan fingerprint density at radius 2 is 2.11 bits per heavy atom. The van der Waals surface area contributed by atoms with Gasteiger partial charge >= 0.3 is 6.18 Å². The molecule has 1 heterocycles. The van der Waals surface area contributed by atoms with Crippen molar-refractivity contribution in [2.24, 2.45) is 5.73 Å². The third-order valence-electron chi connectivity index (χ3n) is 3.26. The van der Waals surface area contributed by atoms with Gasteiger partial charge < -0.3 is 10.6 Å². The Morgan fingerprint density at radius 3 is 2.53 bits per heavy atom. The summed E-state index contributed by atoms with van der Waals surface area (Å²) in [6.07, 6.45) is -0.324. The second kappa shape index (κ2) is 5.36. The number of pyridine rings is 1. The Morgan fingerprint density at radius 1 is 1.42 bits per heavy atom. The molecule has 0 spiro atoms. The third kappa shape index (κ3) is 3.83. The second-order valence-corrected chi connectivity index (χ2v) is 4.93. The average molecular weight is 273 g/mol. The molecule has 0 radical (unpaired) electrons. The molecule has 1 aliphatic rings. The van der Waals surface area contributed by atoms with E-state index in [4.69, 9.17) is 5.73 Å². The maximum absolute atomic E-state index is 12.6. The van der Waals surface area contributed by atoms with Crippen LogP contribution in [0.3, 0.4) is 0 Å². The van der Waals surface area contributed by atoms with Crippen LogP contribution in [0.1, 0.15) is 37.9 Å². The lowest BCUT2D eigenvalue weighted by molar-refractivity contribution is -0.120. The van der Waals surface area contributed by atoms with Crippen molar-refractivity contribution in [1.29, 1.82) is 0 Å². The van der Waals surface area contributed by atoms with Crippen molar-refractivity contribution >= 4 is 5.69 Å². The predicted molar refractivity (Wildman–Crippen MR) is 67.9 cm³/mol. The number of halogens is 3. The van der Waals surface area contributed by atoms with Gasteiger partial charge in [0.2, 0.25) is 0 Å². The first-order chi connectivity index (χ1) is 8.90. The molecule has 3 nitrogen and oxygen atoms in total. The lowest BCUT2D eigenvalue weighted by atomic mass is 10.1. The van der Waals surface area contributed by atoms with Gasteiger partial charge in [-0.15, -0.1) is 0 Å². The van der Waals surface area contributed by atoms with Crippen LogP contribution in [-0.2, 0) is 0 Å². The third-order valence-corrected chi connectivity index (χ3v) is 3.26. The van der Waals surface area contributed by atoms with Crippen molar-refractivity contribution in [1.82, 2.24) is 4.98 Å². The summed E-state index contributed by atoms with van der Waals surface area (Å²) in [5.41, 5.74) is 7.08. The smallest absolute Gasteiger partial charge is 0.358 e. The van der Waals surface area contributed by atoms with E-state index in [-0.39, 0.29) is 12.1 Å². The van der Waals surface area contributed by atoms with Crippen molar-refractivity contribution in [3.05, 3.63) is 24.0 Å². The summed E-state index contributed by atoms with van der Waals surface area (Å²) in [4.78, 5) is 5.56. The Bertz CT molecular complexity index is 412. The molecule has 0 saturated heterocycles. The summed E-state index contributed by atoms with van der Waals surface area (Å²) in [5, 5.41) is 0. The van der Waals surface area contributed by atoms with Gasteiger partial charge in [-0.25, -0.2) is 0 Å². The molecule has 1 aliphatic carbocycles. The molecule has 1 atom stereocenters. The highest BCUT2D eigenvalue weighted by Crippen LogP contribution is 2.34. The molecule has 1 aromatic heterocycles. The van der Waals surface area contributed by atoms with E-state index in [2.05, 4.69) is 4.98 Å². The zero-order valence-corrected chi connectivity index (χ0v) is 10.8. The molecule has 1 saturated carbocycles. The number of nitrogens with two attached hydrogens (primary N) is 1. The van der Waals surface area contributed by atoms with Crippen LogP contribution in [-0.4, -0.2) is 23.7 Å². The molecule has 1 fully saturated rings. The van der Waals surface area contributed by atoms with Crippen LogP contribution in [0.2, 0.25) is 0 Å². The first kappa shape index (κ1) is 14.1. The van der Waals surface area contributed by atoms with Crippen LogP contribution in [0.4, 0.5) is 18.9 Å². The van der Waals surface area contributed by atoms with E-state index in [1.165, 1.54) is 11.1 Å². The highest BCUT2D eigenvalue weighted by atomic mass is 19.4. The van der Waals surface area contributed by atoms with Gasteiger partial charge in [0.25, 0.3) is 0 Å². The van der Waals surface area contributed by atoms with E-state index >= 15 is 0 Å². The first-order valence-corrected chi connectivity index (χ1v) is 6.45. The molecule has 0 amide bonds. The number of hydrogen-bond donors (Lipinski definition) is 1. The summed E-state index contributed by atoms with van der Waals surface area (Å²) < 4.78 is 37.7. The molecule has 0 aromatic carbocycles. The fourth-order valence-corrected chi connectivity index (χ4v) is 2.01. The van der Waals surface area contributed by atoms with Crippen molar-refractivity contribution < 1.29 is 13.2 Å². The number of alkyl halides is 3. The topological polar surface area (TPSA) is 42.1 Å². The molecule has 0 bridgehead atoms. The average Bonchev–Trinajstić information content (AvgIpc) is 3.18. The Labute approximate surface area is 110 Å². The van der Waals surface area contributed by atoms with E-state index in [1.54, 1.807) is 12.1 Å². The predicted octanol–water partition coefficient (Wildman–Crippen LogP) is 3.02. The Kier molecular flexibility index (Phi) is 3.99. The minimum atomic E-state index is -4.19. The molecule has 2 rings (SSSR count). The lowest BCUT2D eigenvalue weighted by Crippen LogP contribution is -2.36. The number of hydrogen-bond acceptors (Lipinski definition) is 3. The normalized spacial score (nSPS) is 17.3. The fraction of sp³-hybridized carbons (Fsp3) is 0.615. The van der Waals surface area contributed by atoms with E-state index in [0.29, 0.717) is 11.4 Å². The molecule has 1 unspecified atom stereocenters. The minimum Gasteiger partial charge on any atom is -0.358 e. The quantitative estimate of drug-likeness (QED) is 0.896. The molecule has 6 heteroatoms.